The number of hydrogen-bond donors (Lipinski definition) is 1. The van der Waals surface area contributed by atoms with Gasteiger partial charge in [-0.25, -0.2) is 0 Å². The van der Waals surface area contributed by atoms with E-state index in [1.54, 1.807) is 11.3 Å². The molecule has 1 aromatic heterocycles. The minimum Gasteiger partial charge on any atom is -0.312 e. The molecule has 0 saturated heterocycles. The quantitative estimate of drug-likeness (QED) is 0.845. The summed E-state index contributed by atoms with van der Waals surface area (Å²) < 4.78 is 2.33. The van der Waals surface area contributed by atoms with Crippen molar-refractivity contribution in [3.05, 3.63) is 19.2 Å². The first-order valence-electron chi connectivity index (χ1n) is 4.66. The molecule has 0 aromatic carbocycles. The molecule has 14 heavy (non-hydrogen) atoms. The van der Waals surface area contributed by atoms with E-state index in [-0.39, 0.29) is 0 Å². The number of hydrogen-bond acceptors (Lipinski definition) is 2. The van der Waals surface area contributed by atoms with E-state index in [0.29, 0.717) is 12.0 Å². The Kier molecular flexibility index (Phi) is 5.11. The van der Waals surface area contributed by atoms with Gasteiger partial charge in [-0.1, -0.05) is 13.8 Å². The van der Waals surface area contributed by atoms with E-state index < -0.39 is 0 Å². The first kappa shape index (κ1) is 12.7. The van der Waals surface area contributed by atoms with Crippen molar-refractivity contribution in [2.45, 2.75) is 26.3 Å². The second-order valence-electron chi connectivity index (χ2n) is 3.74. The van der Waals surface area contributed by atoms with Crippen molar-refractivity contribution in [1.29, 1.82) is 0 Å². The van der Waals surface area contributed by atoms with Gasteiger partial charge in [0.1, 0.15) is 0 Å². The molecule has 0 aliphatic rings. The monoisotopic (exact) mass is 339 g/mol. The van der Waals surface area contributed by atoms with Crippen molar-refractivity contribution in [1.82, 2.24) is 5.32 Å². The fourth-order valence-electron chi connectivity index (χ4n) is 1.38. The van der Waals surface area contributed by atoms with Crippen LogP contribution in [0.25, 0.3) is 0 Å². The number of rotatable bonds is 4. The van der Waals surface area contributed by atoms with Gasteiger partial charge in [-0.2, -0.15) is 0 Å². The first-order valence-corrected chi connectivity index (χ1v) is 7.06. The Bertz CT molecular complexity index is 277. The molecule has 0 saturated carbocycles. The Labute approximate surface area is 107 Å². The van der Waals surface area contributed by atoms with Crippen molar-refractivity contribution in [2.24, 2.45) is 5.92 Å². The fourth-order valence-corrected chi connectivity index (χ4v) is 3.60. The van der Waals surface area contributed by atoms with E-state index in [4.69, 9.17) is 0 Å². The zero-order chi connectivity index (χ0) is 10.7. The number of halogens is 2. The number of thiophene rings is 1. The van der Waals surface area contributed by atoms with Gasteiger partial charge >= 0.3 is 0 Å². The molecule has 0 aliphatic carbocycles. The van der Waals surface area contributed by atoms with Crippen LogP contribution in [0.2, 0.25) is 0 Å². The molecule has 1 atom stereocenters. The SMILES string of the molecule is CNC(CC(C)C)c1cc(Br)c(Br)s1. The minimum atomic E-state index is 0.475. The third-order valence-electron chi connectivity index (χ3n) is 2.06. The lowest BCUT2D eigenvalue weighted by molar-refractivity contribution is 0.462. The summed E-state index contributed by atoms with van der Waals surface area (Å²) in [6.45, 7) is 4.50. The zero-order valence-electron chi connectivity index (χ0n) is 8.60. The summed E-state index contributed by atoms with van der Waals surface area (Å²) in [5, 5.41) is 3.36. The van der Waals surface area contributed by atoms with Crippen LogP contribution < -0.4 is 5.32 Å². The molecule has 0 amide bonds. The minimum absolute atomic E-state index is 0.475. The fraction of sp³-hybridized carbons (Fsp3) is 0.600. The summed E-state index contributed by atoms with van der Waals surface area (Å²) in [7, 11) is 2.02. The van der Waals surface area contributed by atoms with Crippen LogP contribution in [0.4, 0.5) is 0 Å². The predicted molar refractivity (Wildman–Crippen MR) is 71.0 cm³/mol. The normalized spacial score (nSPS) is 13.6. The summed E-state index contributed by atoms with van der Waals surface area (Å²) in [5.41, 5.74) is 0. The van der Waals surface area contributed by atoms with Crippen molar-refractivity contribution in [3.63, 3.8) is 0 Å². The van der Waals surface area contributed by atoms with Gasteiger partial charge in [-0.15, -0.1) is 11.3 Å². The van der Waals surface area contributed by atoms with Gasteiger partial charge in [0.25, 0.3) is 0 Å². The van der Waals surface area contributed by atoms with Crippen molar-refractivity contribution < 1.29 is 0 Å². The maximum Gasteiger partial charge on any atom is 0.0843 e. The molecule has 0 radical (unpaired) electrons. The third kappa shape index (κ3) is 3.33. The standard InChI is InChI=1S/C10H15Br2NS/c1-6(2)4-8(13-3)9-5-7(11)10(12)14-9/h5-6,8,13H,4H2,1-3H3. The van der Waals surface area contributed by atoms with E-state index in [2.05, 4.69) is 57.1 Å². The van der Waals surface area contributed by atoms with Crippen LogP contribution >= 0.6 is 43.2 Å². The zero-order valence-corrected chi connectivity index (χ0v) is 12.6. The van der Waals surface area contributed by atoms with E-state index in [9.17, 15) is 0 Å². The Morgan fingerprint density at radius 2 is 2.07 bits per heavy atom. The van der Waals surface area contributed by atoms with Gasteiger partial charge in [-0.3, -0.25) is 0 Å². The van der Waals surface area contributed by atoms with Crippen LogP contribution in [-0.2, 0) is 0 Å². The Hall–Kier alpha value is 0.620. The highest BCUT2D eigenvalue weighted by molar-refractivity contribution is 9.13. The molecular weight excluding hydrogens is 326 g/mol. The van der Waals surface area contributed by atoms with Gasteiger partial charge in [0.15, 0.2) is 0 Å². The molecule has 1 rings (SSSR count). The molecule has 1 aromatic rings. The third-order valence-corrected chi connectivity index (χ3v) is 5.43. The Morgan fingerprint density at radius 3 is 2.43 bits per heavy atom. The highest BCUT2D eigenvalue weighted by Gasteiger charge is 2.15. The van der Waals surface area contributed by atoms with Gasteiger partial charge in [-0.05, 0) is 57.3 Å². The summed E-state index contributed by atoms with van der Waals surface area (Å²) in [6.07, 6.45) is 1.18. The van der Waals surface area contributed by atoms with Gasteiger partial charge in [0, 0.05) is 15.4 Å². The molecule has 1 unspecified atom stereocenters. The maximum absolute atomic E-state index is 3.52. The molecule has 0 spiro atoms. The molecule has 1 nitrogen and oxygen atoms in total. The van der Waals surface area contributed by atoms with Crippen molar-refractivity contribution in [3.8, 4) is 0 Å². The highest BCUT2D eigenvalue weighted by Crippen LogP contribution is 2.37. The molecular formula is C10H15Br2NS. The van der Waals surface area contributed by atoms with Crippen LogP contribution in [0.5, 0.6) is 0 Å². The van der Waals surface area contributed by atoms with E-state index in [1.807, 2.05) is 7.05 Å². The van der Waals surface area contributed by atoms with Gasteiger partial charge < -0.3 is 5.32 Å². The average molecular weight is 341 g/mol. The van der Waals surface area contributed by atoms with E-state index >= 15 is 0 Å². The van der Waals surface area contributed by atoms with Crippen LogP contribution in [0, 0.1) is 5.92 Å². The lowest BCUT2D eigenvalue weighted by Crippen LogP contribution is -2.17. The first-order chi connectivity index (χ1) is 6.54. The lowest BCUT2D eigenvalue weighted by atomic mass is 10.0. The summed E-state index contributed by atoms with van der Waals surface area (Å²) in [4.78, 5) is 1.39. The van der Waals surface area contributed by atoms with E-state index in [0.717, 1.165) is 4.47 Å². The molecule has 0 bridgehead atoms. The molecule has 0 fully saturated rings. The smallest absolute Gasteiger partial charge is 0.0843 e. The predicted octanol–water partition coefficient (Wildman–Crippen LogP) is 4.58. The van der Waals surface area contributed by atoms with Gasteiger partial charge in [0.2, 0.25) is 0 Å². The van der Waals surface area contributed by atoms with Crippen LogP contribution in [0.3, 0.4) is 0 Å². The molecule has 1 heterocycles. The van der Waals surface area contributed by atoms with E-state index in [1.165, 1.54) is 15.1 Å². The van der Waals surface area contributed by atoms with Gasteiger partial charge in [0.05, 0.1) is 3.79 Å². The van der Waals surface area contributed by atoms with Crippen molar-refractivity contribution >= 4 is 43.2 Å². The molecule has 80 valence electrons. The highest BCUT2D eigenvalue weighted by atomic mass is 79.9. The lowest BCUT2D eigenvalue weighted by Gasteiger charge is -2.16. The molecule has 4 heteroatoms. The summed E-state index contributed by atoms with van der Waals surface area (Å²) >= 11 is 8.84. The maximum atomic E-state index is 3.52. The second-order valence-corrected chi connectivity index (χ2v) is 7.00. The summed E-state index contributed by atoms with van der Waals surface area (Å²) in [5.74, 6) is 0.715. The average Bonchev–Trinajstić information content (AvgIpc) is 2.42. The Morgan fingerprint density at radius 1 is 1.43 bits per heavy atom. The molecule has 1 N–H and O–H groups in total. The number of nitrogens with one attached hydrogen (secondary N) is 1. The van der Waals surface area contributed by atoms with Crippen molar-refractivity contribution in [2.75, 3.05) is 7.05 Å². The van der Waals surface area contributed by atoms with Crippen LogP contribution in [-0.4, -0.2) is 7.05 Å². The topological polar surface area (TPSA) is 12.0 Å². The summed E-state index contributed by atoms with van der Waals surface area (Å²) in [6, 6.07) is 2.67. The Balaban J connectivity index is 2.78. The van der Waals surface area contributed by atoms with Crippen LogP contribution in [0.1, 0.15) is 31.2 Å². The second kappa shape index (κ2) is 5.64. The van der Waals surface area contributed by atoms with Crippen LogP contribution in [0.15, 0.2) is 14.3 Å². The molecule has 0 aliphatic heterocycles. The largest absolute Gasteiger partial charge is 0.312 e.